The van der Waals surface area contributed by atoms with Gasteiger partial charge in [-0.15, -0.1) is 0 Å². The third kappa shape index (κ3) is 5.90. The first-order valence-corrected chi connectivity index (χ1v) is 5.64. The molecule has 2 unspecified atom stereocenters. The van der Waals surface area contributed by atoms with Crippen LogP contribution in [0.3, 0.4) is 0 Å². The molecule has 0 heterocycles. The van der Waals surface area contributed by atoms with Crippen LogP contribution in [-0.4, -0.2) is 0 Å². The molecule has 0 amide bonds. The largest absolute Gasteiger partial charge is 0.0825 e. The van der Waals surface area contributed by atoms with Crippen molar-refractivity contribution in [1.29, 1.82) is 0 Å². The molecule has 0 heteroatoms. The Bertz CT molecular complexity index is 153. The van der Waals surface area contributed by atoms with Crippen molar-refractivity contribution in [3.8, 4) is 0 Å². The zero-order chi connectivity index (χ0) is 10.4. The van der Waals surface area contributed by atoms with Crippen LogP contribution in [0, 0.1) is 17.8 Å². The summed E-state index contributed by atoms with van der Waals surface area (Å²) >= 11 is 0. The molecule has 13 heavy (non-hydrogen) atoms. The number of allylic oxidation sites excluding steroid dienone is 2. The van der Waals surface area contributed by atoms with Crippen LogP contribution in [0.15, 0.2) is 11.6 Å². The lowest BCUT2D eigenvalue weighted by Crippen LogP contribution is -2.02. The maximum Gasteiger partial charge on any atom is -0.0236 e. The second kappa shape index (κ2) is 6.23. The molecular formula is C13H26. The van der Waals surface area contributed by atoms with Crippen molar-refractivity contribution < 1.29 is 0 Å². The van der Waals surface area contributed by atoms with Gasteiger partial charge in [-0.25, -0.2) is 0 Å². The summed E-state index contributed by atoms with van der Waals surface area (Å²) in [6.07, 6.45) is 5.01. The highest BCUT2D eigenvalue weighted by Gasteiger charge is 2.05. The SMILES string of the molecule is CCC(C)CC(C)=CC(C)C(C)C. The Morgan fingerprint density at radius 2 is 1.69 bits per heavy atom. The fraction of sp³-hybridized carbons (Fsp3) is 0.846. The van der Waals surface area contributed by atoms with Gasteiger partial charge in [0.25, 0.3) is 0 Å². The molecule has 78 valence electrons. The summed E-state index contributed by atoms with van der Waals surface area (Å²) in [4.78, 5) is 0. The summed E-state index contributed by atoms with van der Waals surface area (Å²) in [5.41, 5.74) is 1.57. The van der Waals surface area contributed by atoms with Gasteiger partial charge in [-0.2, -0.15) is 0 Å². The molecule has 0 aromatic heterocycles. The lowest BCUT2D eigenvalue weighted by Gasteiger charge is -2.14. The third-order valence-corrected chi connectivity index (χ3v) is 2.97. The van der Waals surface area contributed by atoms with E-state index < -0.39 is 0 Å². The van der Waals surface area contributed by atoms with E-state index in [1.54, 1.807) is 5.57 Å². The highest BCUT2D eigenvalue weighted by molar-refractivity contribution is 5.01. The summed E-state index contributed by atoms with van der Waals surface area (Å²) in [5.74, 6) is 2.34. The van der Waals surface area contributed by atoms with E-state index in [4.69, 9.17) is 0 Å². The van der Waals surface area contributed by atoms with E-state index >= 15 is 0 Å². The van der Waals surface area contributed by atoms with E-state index in [0.29, 0.717) is 0 Å². The van der Waals surface area contributed by atoms with Gasteiger partial charge < -0.3 is 0 Å². The van der Waals surface area contributed by atoms with Crippen molar-refractivity contribution in [1.82, 2.24) is 0 Å². The molecule has 0 radical (unpaired) electrons. The van der Waals surface area contributed by atoms with E-state index in [2.05, 4.69) is 47.6 Å². The lowest BCUT2D eigenvalue weighted by atomic mass is 9.92. The average molecular weight is 182 g/mol. The summed E-state index contributed by atoms with van der Waals surface area (Å²) in [7, 11) is 0. The lowest BCUT2D eigenvalue weighted by molar-refractivity contribution is 0.493. The maximum atomic E-state index is 2.44. The molecular weight excluding hydrogens is 156 g/mol. The van der Waals surface area contributed by atoms with Crippen LogP contribution in [0.1, 0.15) is 54.4 Å². The van der Waals surface area contributed by atoms with Gasteiger partial charge >= 0.3 is 0 Å². The van der Waals surface area contributed by atoms with Crippen LogP contribution in [0.2, 0.25) is 0 Å². The molecule has 0 spiro atoms. The Labute approximate surface area is 84.4 Å². The predicted octanol–water partition coefficient (Wildman–Crippen LogP) is 4.66. The minimum Gasteiger partial charge on any atom is -0.0825 e. The van der Waals surface area contributed by atoms with Crippen LogP contribution < -0.4 is 0 Å². The molecule has 0 N–H and O–H groups in total. The van der Waals surface area contributed by atoms with Crippen LogP contribution in [0.4, 0.5) is 0 Å². The molecule has 0 bridgehead atoms. The van der Waals surface area contributed by atoms with Crippen LogP contribution >= 0.6 is 0 Å². The first-order chi connectivity index (χ1) is 5.97. The van der Waals surface area contributed by atoms with Crippen LogP contribution in [-0.2, 0) is 0 Å². The van der Waals surface area contributed by atoms with Crippen molar-refractivity contribution in [3.05, 3.63) is 11.6 Å². The van der Waals surface area contributed by atoms with Crippen molar-refractivity contribution in [2.75, 3.05) is 0 Å². The summed E-state index contributed by atoms with van der Waals surface area (Å²) < 4.78 is 0. The second-order valence-electron chi connectivity index (χ2n) is 4.83. The molecule has 0 nitrogen and oxygen atoms in total. The molecule has 0 aromatic carbocycles. The highest BCUT2D eigenvalue weighted by Crippen LogP contribution is 2.19. The molecule has 0 saturated carbocycles. The van der Waals surface area contributed by atoms with E-state index in [-0.39, 0.29) is 0 Å². The minimum atomic E-state index is 0.726. The molecule has 2 atom stereocenters. The zero-order valence-electron chi connectivity index (χ0n) is 10.2. The third-order valence-electron chi connectivity index (χ3n) is 2.97. The fourth-order valence-electron chi connectivity index (χ4n) is 1.40. The van der Waals surface area contributed by atoms with E-state index in [1.165, 1.54) is 12.8 Å². The molecule has 0 aliphatic heterocycles. The fourth-order valence-corrected chi connectivity index (χ4v) is 1.40. The topological polar surface area (TPSA) is 0 Å². The number of hydrogen-bond acceptors (Lipinski definition) is 0. The molecule has 0 aliphatic rings. The summed E-state index contributed by atoms with van der Waals surface area (Å²) in [6.45, 7) is 13.8. The maximum absolute atomic E-state index is 2.44. The van der Waals surface area contributed by atoms with Crippen molar-refractivity contribution in [2.45, 2.75) is 54.4 Å². The van der Waals surface area contributed by atoms with Crippen LogP contribution in [0.25, 0.3) is 0 Å². The summed E-state index contributed by atoms with van der Waals surface area (Å²) in [5, 5.41) is 0. The highest BCUT2D eigenvalue weighted by atomic mass is 14.1. The molecule has 0 aliphatic carbocycles. The quantitative estimate of drug-likeness (QED) is 0.542. The van der Waals surface area contributed by atoms with Gasteiger partial charge in [0.1, 0.15) is 0 Å². The number of hydrogen-bond donors (Lipinski definition) is 0. The van der Waals surface area contributed by atoms with Gasteiger partial charge in [-0.3, -0.25) is 0 Å². The minimum absolute atomic E-state index is 0.726. The predicted molar refractivity (Wildman–Crippen MR) is 61.8 cm³/mol. The first-order valence-electron chi connectivity index (χ1n) is 5.64. The molecule has 0 rings (SSSR count). The van der Waals surface area contributed by atoms with Gasteiger partial charge in [0, 0.05) is 0 Å². The van der Waals surface area contributed by atoms with E-state index in [1.807, 2.05) is 0 Å². The first kappa shape index (κ1) is 12.7. The van der Waals surface area contributed by atoms with Gasteiger partial charge in [-0.05, 0) is 31.1 Å². The molecule has 0 saturated heterocycles. The molecule has 0 aromatic rings. The van der Waals surface area contributed by atoms with Crippen molar-refractivity contribution in [3.63, 3.8) is 0 Å². The normalized spacial score (nSPS) is 17.6. The zero-order valence-corrected chi connectivity index (χ0v) is 10.2. The standard InChI is InChI=1S/C13H26/c1-7-11(4)8-12(5)9-13(6)10(2)3/h9-11,13H,7-8H2,1-6H3. The van der Waals surface area contributed by atoms with E-state index in [9.17, 15) is 0 Å². The Balaban J connectivity index is 4.01. The average Bonchev–Trinajstić information content (AvgIpc) is 2.03. The van der Waals surface area contributed by atoms with Crippen molar-refractivity contribution in [2.24, 2.45) is 17.8 Å². The van der Waals surface area contributed by atoms with Gasteiger partial charge in [-0.1, -0.05) is 52.7 Å². The van der Waals surface area contributed by atoms with Gasteiger partial charge in [0.15, 0.2) is 0 Å². The smallest absolute Gasteiger partial charge is 0.0236 e. The monoisotopic (exact) mass is 182 g/mol. The Morgan fingerprint density at radius 1 is 1.15 bits per heavy atom. The number of rotatable bonds is 5. The second-order valence-corrected chi connectivity index (χ2v) is 4.83. The summed E-state index contributed by atoms with van der Waals surface area (Å²) in [6, 6.07) is 0. The van der Waals surface area contributed by atoms with Crippen molar-refractivity contribution >= 4 is 0 Å². The van der Waals surface area contributed by atoms with Gasteiger partial charge in [0.2, 0.25) is 0 Å². The Kier molecular flexibility index (Phi) is 6.11. The van der Waals surface area contributed by atoms with E-state index in [0.717, 1.165) is 17.8 Å². The van der Waals surface area contributed by atoms with Crippen LogP contribution in [0.5, 0.6) is 0 Å². The van der Waals surface area contributed by atoms with Gasteiger partial charge in [0.05, 0.1) is 0 Å². The Morgan fingerprint density at radius 3 is 2.08 bits per heavy atom. The Hall–Kier alpha value is -0.260. The molecule has 0 fully saturated rings.